The molecule has 1 aliphatic heterocycles. The number of urea groups is 1. The number of carbonyl (C=O) groups excluding carboxylic acids is 1. The molecule has 0 unspecified atom stereocenters. The minimum Gasteiger partial charge on any atom is -0.352 e. The van der Waals surface area contributed by atoms with E-state index in [1.165, 1.54) is 17.4 Å². The zero-order chi connectivity index (χ0) is 22.1. The monoisotopic (exact) mass is 436 g/mol. The molecule has 162 valence electrons. The van der Waals surface area contributed by atoms with Crippen LogP contribution in [0.1, 0.15) is 12.5 Å². The van der Waals surface area contributed by atoms with Gasteiger partial charge in [-0.15, -0.1) is 0 Å². The molecular formula is C21H27F3N4OSi. The molecule has 1 atom stereocenters. The fourth-order valence-electron chi connectivity index (χ4n) is 3.58. The van der Waals surface area contributed by atoms with E-state index in [1.54, 1.807) is 9.80 Å². The molecule has 1 aromatic heterocycles. The van der Waals surface area contributed by atoms with Crippen molar-refractivity contribution in [2.24, 2.45) is 0 Å². The molecule has 1 N–H and O–H groups in total. The Hall–Kier alpha value is -2.55. The number of amides is 2. The van der Waals surface area contributed by atoms with Crippen molar-refractivity contribution in [1.82, 2.24) is 9.88 Å². The largest absolute Gasteiger partial charge is 0.419 e. The van der Waals surface area contributed by atoms with E-state index in [2.05, 4.69) is 36.0 Å². The SMILES string of the molecule is C[C@@H]1CN(c2ncccc2C(F)(F)F)CCN1C(=O)Nc1cccc([Si](C)(C)C)c1. The number of carbonyl (C=O) groups is 1. The number of rotatable bonds is 3. The third-order valence-corrected chi connectivity index (χ3v) is 7.30. The lowest BCUT2D eigenvalue weighted by atomic mass is 10.1. The summed E-state index contributed by atoms with van der Waals surface area (Å²) in [5.74, 6) is -0.0836. The lowest BCUT2D eigenvalue weighted by Gasteiger charge is -2.40. The van der Waals surface area contributed by atoms with E-state index in [-0.39, 0.29) is 31.0 Å². The van der Waals surface area contributed by atoms with E-state index in [9.17, 15) is 18.0 Å². The van der Waals surface area contributed by atoms with Crippen molar-refractivity contribution in [3.63, 3.8) is 0 Å². The van der Waals surface area contributed by atoms with Crippen molar-refractivity contribution >= 4 is 30.8 Å². The van der Waals surface area contributed by atoms with Crippen LogP contribution >= 0.6 is 0 Å². The number of nitrogens with zero attached hydrogens (tertiary/aromatic N) is 3. The Balaban J connectivity index is 1.70. The van der Waals surface area contributed by atoms with Gasteiger partial charge in [0, 0.05) is 37.6 Å². The highest BCUT2D eigenvalue weighted by atomic mass is 28.3. The highest BCUT2D eigenvalue weighted by Crippen LogP contribution is 2.35. The second-order valence-corrected chi connectivity index (χ2v) is 13.7. The van der Waals surface area contributed by atoms with Crippen LogP contribution in [0.5, 0.6) is 0 Å². The highest BCUT2D eigenvalue weighted by molar-refractivity contribution is 6.88. The zero-order valence-electron chi connectivity index (χ0n) is 17.6. The first-order chi connectivity index (χ1) is 14.0. The van der Waals surface area contributed by atoms with Crippen LogP contribution in [0.2, 0.25) is 19.6 Å². The van der Waals surface area contributed by atoms with E-state index < -0.39 is 19.8 Å². The molecule has 0 saturated carbocycles. The van der Waals surface area contributed by atoms with E-state index in [0.717, 1.165) is 11.8 Å². The minimum atomic E-state index is -4.47. The molecule has 1 saturated heterocycles. The number of piperazine rings is 1. The van der Waals surface area contributed by atoms with Gasteiger partial charge in [0.25, 0.3) is 0 Å². The molecule has 2 aromatic rings. The number of pyridine rings is 1. The van der Waals surface area contributed by atoms with Crippen molar-refractivity contribution in [3.05, 3.63) is 48.2 Å². The molecule has 1 fully saturated rings. The summed E-state index contributed by atoms with van der Waals surface area (Å²) in [6.07, 6.45) is -3.11. The van der Waals surface area contributed by atoms with Gasteiger partial charge in [-0.2, -0.15) is 13.2 Å². The summed E-state index contributed by atoms with van der Waals surface area (Å²) in [6.45, 7) is 9.43. The Bertz CT molecular complexity index is 914. The average Bonchev–Trinajstić information content (AvgIpc) is 2.66. The summed E-state index contributed by atoms with van der Waals surface area (Å²) >= 11 is 0. The van der Waals surface area contributed by atoms with Crippen molar-refractivity contribution in [3.8, 4) is 0 Å². The van der Waals surface area contributed by atoms with E-state index in [4.69, 9.17) is 0 Å². The molecule has 9 heteroatoms. The topological polar surface area (TPSA) is 48.5 Å². The Morgan fingerprint density at radius 2 is 1.90 bits per heavy atom. The number of nitrogens with one attached hydrogen (secondary N) is 1. The van der Waals surface area contributed by atoms with Gasteiger partial charge in [0.1, 0.15) is 5.82 Å². The molecule has 2 amide bonds. The smallest absolute Gasteiger partial charge is 0.352 e. The first kappa shape index (κ1) is 22.1. The van der Waals surface area contributed by atoms with Crippen LogP contribution in [0.15, 0.2) is 42.6 Å². The lowest BCUT2D eigenvalue weighted by molar-refractivity contribution is -0.137. The van der Waals surface area contributed by atoms with Crippen molar-refractivity contribution in [1.29, 1.82) is 0 Å². The molecule has 2 heterocycles. The Labute approximate surface area is 175 Å². The molecule has 0 aliphatic carbocycles. The predicted octanol–water partition coefficient (Wildman–Crippen LogP) is 4.39. The third kappa shape index (κ3) is 4.95. The molecule has 1 aliphatic rings. The first-order valence-corrected chi connectivity index (χ1v) is 13.4. The fraction of sp³-hybridized carbons (Fsp3) is 0.429. The van der Waals surface area contributed by atoms with Crippen LogP contribution < -0.4 is 15.4 Å². The van der Waals surface area contributed by atoms with E-state index in [1.807, 2.05) is 25.1 Å². The molecule has 0 radical (unpaired) electrons. The van der Waals surface area contributed by atoms with Gasteiger partial charge in [-0.05, 0) is 31.2 Å². The third-order valence-electron chi connectivity index (χ3n) is 5.26. The fourth-order valence-corrected chi connectivity index (χ4v) is 4.77. The van der Waals surface area contributed by atoms with Crippen LogP contribution in [-0.4, -0.2) is 49.7 Å². The van der Waals surface area contributed by atoms with Crippen molar-refractivity contribution in [2.75, 3.05) is 29.9 Å². The second-order valence-electron chi connectivity index (χ2n) is 8.62. The summed E-state index contributed by atoms with van der Waals surface area (Å²) < 4.78 is 40.0. The van der Waals surface area contributed by atoms with Gasteiger partial charge in [-0.1, -0.05) is 37.0 Å². The second kappa shape index (κ2) is 8.29. The van der Waals surface area contributed by atoms with Gasteiger partial charge >= 0.3 is 12.2 Å². The maximum atomic E-state index is 13.3. The molecule has 5 nitrogen and oxygen atoms in total. The standard InChI is InChI=1S/C21H27F3N4OSi/c1-15-14-27(19-18(21(22,23)24)9-6-10-25-19)11-12-28(15)20(29)26-16-7-5-8-17(13-16)30(2,3)4/h5-10,13,15H,11-12,14H2,1-4H3,(H,26,29)/t15-/m1/s1. The predicted molar refractivity (Wildman–Crippen MR) is 116 cm³/mol. The summed E-state index contributed by atoms with van der Waals surface area (Å²) in [5, 5.41) is 4.18. The molecule has 0 spiro atoms. The minimum absolute atomic E-state index is 0.0836. The number of hydrogen-bond acceptors (Lipinski definition) is 3. The van der Waals surface area contributed by atoms with Gasteiger partial charge in [-0.3, -0.25) is 0 Å². The average molecular weight is 437 g/mol. The normalized spacial score (nSPS) is 17.8. The van der Waals surface area contributed by atoms with E-state index in [0.29, 0.717) is 6.54 Å². The van der Waals surface area contributed by atoms with Gasteiger partial charge in [-0.25, -0.2) is 9.78 Å². The summed E-state index contributed by atoms with van der Waals surface area (Å²) in [7, 11) is -1.51. The van der Waals surface area contributed by atoms with Gasteiger partial charge in [0.2, 0.25) is 0 Å². The number of benzene rings is 1. The van der Waals surface area contributed by atoms with Gasteiger partial charge in [0.15, 0.2) is 0 Å². The van der Waals surface area contributed by atoms with Crippen LogP contribution in [0, 0.1) is 0 Å². The van der Waals surface area contributed by atoms with Crippen molar-refractivity contribution < 1.29 is 18.0 Å². The van der Waals surface area contributed by atoms with Gasteiger partial charge < -0.3 is 15.1 Å². The lowest BCUT2D eigenvalue weighted by Crippen LogP contribution is -2.55. The number of halogens is 3. The molecular weight excluding hydrogens is 409 g/mol. The number of hydrogen-bond donors (Lipinski definition) is 1. The van der Waals surface area contributed by atoms with Crippen molar-refractivity contribution in [2.45, 2.75) is 38.8 Å². The number of aromatic nitrogens is 1. The van der Waals surface area contributed by atoms with Gasteiger partial charge in [0.05, 0.1) is 13.6 Å². The van der Waals surface area contributed by atoms with E-state index >= 15 is 0 Å². The molecule has 0 bridgehead atoms. The summed E-state index contributed by atoms with van der Waals surface area (Å²) in [5.41, 5.74) is -0.0168. The quantitative estimate of drug-likeness (QED) is 0.726. The zero-order valence-corrected chi connectivity index (χ0v) is 18.6. The maximum absolute atomic E-state index is 13.3. The molecule has 30 heavy (non-hydrogen) atoms. The van der Waals surface area contributed by atoms with Crippen LogP contribution in [-0.2, 0) is 6.18 Å². The molecule has 1 aromatic carbocycles. The number of alkyl halides is 3. The molecule has 3 rings (SSSR count). The van der Waals surface area contributed by atoms with Crippen LogP contribution in [0.3, 0.4) is 0 Å². The Morgan fingerprint density at radius 3 is 2.53 bits per heavy atom. The summed E-state index contributed by atoms with van der Waals surface area (Å²) in [6, 6.07) is 9.69. The first-order valence-electron chi connectivity index (χ1n) is 9.92. The number of anilines is 2. The summed E-state index contributed by atoms with van der Waals surface area (Å²) in [4.78, 5) is 20.0. The maximum Gasteiger partial charge on any atom is 0.419 e. The Kier molecular flexibility index (Phi) is 6.12. The Morgan fingerprint density at radius 1 is 1.17 bits per heavy atom. The van der Waals surface area contributed by atoms with Crippen LogP contribution in [0.4, 0.5) is 29.5 Å². The highest BCUT2D eigenvalue weighted by Gasteiger charge is 2.37. The van der Waals surface area contributed by atoms with Crippen LogP contribution in [0.25, 0.3) is 0 Å².